The first-order valence-corrected chi connectivity index (χ1v) is 2.17. The van der Waals surface area contributed by atoms with Gasteiger partial charge in [-0.1, -0.05) is 6.08 Å². The minimum Gasteiger partial charge on any atom is -0.324 e. The summed E-state index contributed by atoms with van der Waals surface area (Å²) in [6.45, 7) is 1.90. The molecule has 0 aliphatic heterocycles. The number of hydrogen-bond acceptors (Lipinski definition) is 2. The Morgan fingerprint density at radius 3 is 1.67 bits per heavy atom. The fourth-order valence-corrected chi connectivity index (χ4v) is 0.254. The number of nitrogens with two attached hydrogens (primary N) is 1. The van der Waals surface area contributed by atoms with Crippen molar-refractivity contribution < 1.29 is 46.0 Å². The van der Waals surface area contributed by atoms with Gasteiger partial charge in [-0.05, 0) is 13.0 Å². The molecular formula is C5H13F4NOTa. The van der Waals surface area contributed by atoms with Crippen molar-refractivity contribution in [2.24, 2.45) is 5.73 Å². The molecule has 12 heavy (non-hydrogen) atoms. The molecule has 0 aromatic heterocycles. The quantitative estimate of drug-likeness (QED) is 0.582. The molecule has 2 N–H and O–H groups in total. The van der Waals surface area contributed by atoms with Gasteiger partial charge < -0.3 is 5.73 Å². The summed E-state index contributed by atoms with van der Waals surface area (Å²) in [5.41, 5.74) is 4.96. The van der Waals surface area contributed by atoms with Gasteiger partial charge in [0.25, 0.3) is 0 Å². The molecule has 0 bridgehead atoms. The molecule has 0 atom stereocenters. The van der Waals surface area contributed by atoms with Gasteiger partial charge in [-0.15, -0.1) is 0 Å². The van der Waals surface area contributed by atoms with Crippen LogP contribution < -0.4 is 5.73 Å². The number of hydrogen-bond donors (Lipinski definition) is 1. The van der Waals surface area contributed by atoms with E-state index in [1.807, 2.05) is 0 Å². The van der Waals surface area contributed by atoms with Crippen molar-refractivity contribution in [1.29, 1.82) is 0 Å². The molecule has 0 rings (SSSR count). The van der Waals surface area contributed by atoms with Gasteiger partial charge in [-0.25, -0.2) is 0 Å². The molecule has 0 aromatic carbocycles. The minimum atomic E-state index is -0.0255. The molecule has 0 amide bonds. The molecule has 0 aromatic rings. The molecule has 7 heteroatoms. The largest absolute Gasteiger partial charge is 0.324 e. The van der Waals surface area contributed by atoms with Gasteiger partial charge >= 0.3 is 0 Å². The summed E-state index contributed by atoms with van der Waals surface area (Å²) >= 11 is 0. The third-order valence-electron chi connectivity index (χ3n) is 0.554. The van der Waals surface area contributed by atoms with Gasteiger partial charge in [-0.2, -0.15) is 0 Å². The van der Waals surface area contributed by atoms with E-state index in [1.165, 1.54) is 6.08 Å². The molecule has 1 radical (unpaired) electrons. The summed E-state index contributed by atoms with van der Waals surface area (Å²) in [7, 11) is 0. The van der Waals surface area contributed by atoms with Crippen LogP contribution >= 0.6 is 0 Å². The fourth-order valence-electron chi connectivity index (χ4n) is 0.254. The predicted molar refractivity (Wildman–Crippen MR) is 38.9 cm³/mol. The monoisotopic (exact) mass is 360 g/mol. The standard InChI is InChI=1S/C5H9NO.4FH.Ta/c1-2-3-5(7)4-6;;;;;/h2-3H,4,6H2,1H3;4*1H;/b3-2+;;;;;. The van der Waals surface area contributed by atoms with E-state index in [1.54, 1.807) is 13.0 Å². The van der Waals surface area contributed by atoms with Gasteiger partial charge in [0.2, 0.25) is 0 Å². The first-order chi connectivity index (χ1) is 3.31. The van der Waals surface area contributed by atoms with Crippen molar-refractivity contribution >= 4 is 5.78 Å². The average Bonchev–Trinajstić information content (AvgIpc) is 1.68. The Bertz CT molecular complexity index is 101. The van der Waals surface area contributed by atoms with Crippen molar-refractivity contribution in [1.82, 2.24) is 0 Å². The van der Waals surface area contributed by atoms with E-state index in [2.05, 4.69) is 0 Å². The van der Waals surface area contributed by atoms with E-state index in [4.69, 9.17) is 5.73 Å². The normalized spacial score (nSPS) is 5.83. The summed E-state index contributed by atoms with van der Waals surface area (Å²) in [6, 6.07) is 0. The number of carbonyl (C=O) groups excluding carboxylic acids is 1. The Labute approximate surface area is 83.6 Å². The SMILES string of the molecule is C/C=C/C(=O)CN.F.F.F.F.[Ta]. The topological polar surface area (TPSA) is 43.1 Å². The van der Waals surface area contributed by atoms with Crippen LogP contribution in [0, 0.1) is 0 Å². The molecule has 2 nitrogen and oxygen atoms in total. The Kier molecular flexibility index (Phi) is 105. The molecule has 0 heterocycles. The van der Waals surface area contributed by atoms with Crippen LogP contribution in [0.5, 0.6) is 0 Å². The second-order valence-corrected chi connectivity index (χ2v) is 1.17. The van der Waals surface area contributed by atoms with Crippen molar-refractivity contribution in [3.8, 4) is 0 Å². The van der Waals surface area contributed by atoms with Crippen LogP contribution in [0.3, 0.4) is 0 Å². The molecule has 0 fully saturated rings. The minimum absolute atomic E-state index is 0. The third-order valence-corrected chi connectivity index (χ3v) is 0.554. The summed E-state index contributed by atoms with van der Waals surface area (Å²) in [5, 5.41) is 0. The van der Waals surface area contributed by atoms with Crippen molar-refractivity contribution in [2.75, 3.05) is 6.54 Å². The summed E-state index contributed by atoms with van der Waals surface area (Å²) in [4.78, 5) is 10.2. The molecule has 0 saturated carbocycles. The summed E-state index contributed by atoms with van der Waals surface area (Å²) in [5.74, 6) is -0.0255. The average molecular weight is 360 g/mol. The summed E-state index contributed by atoms with van der Waals surface area (Å²) < 4.78 is 0. The zero-order valence-electron chi connectivity index (χ0n) is 6.43. The van der Waals surface area contributed by atoms with E-state index in [0.29, 0.717) is 0 Å². The van der Waals surface area contributed by atoms with Crippen LogP contribution in [0.15, 0.2) is 12.2 Å². The maximum Gasteiger partial charge on any atom is 0.168 e. The number of carbonyl (C=O) groups is 1. The van der Waals surface area contributed by atoms with E-state index < -0.39 is 0 Å². The second kappa shape index (κ2) is 30.8. The molecule has 77 valence electrons. The molecule has 0 saturated heterocycles. The van der Waals surface area contributed by atoms with Crippen LogP contribution in [0.1, 0.15) is 6.92 Å². The molecule has 0 unspecified atom stereocenters. The van der Waals surface area contributed by atoms with Crippen LogP contribution in [0.25, 0.3) is 0 Å². The van der Waals surface area contributed by atoms with Crippen LogP contribution in [0.2, 0.25) is 0 Å². The van der Waals surface area contributed by atoms with Gasteiger partial charge in [-0.3, -0.25) is 23.6 Å². The zero-order valence-corrected chi connectivity index (χ0v) is 9.64. The van der Waals surface area contributed by atoms with E-state index in [9.17, 15) is 4.79 Å². The van der Waals surface area contributed by atoms with Crippen LogP contribution in [-0.2, 0) is 27.2 Å². The number of allylic oxidation sites excluding steroid dienone is 1. The third kappa shape index (κ3) is 32.9. The second-order valence-electron chi connectivity index (χ2n) is 1.17. The van der Waals surface area contributed by atoms with Gasteiger partial charge in [0.15, 0.2) is 5.78 Å². The van der Waals surface area contributed by atoms with Crippen molar-refractivity contribution in [2.45, 2.75) is 6.92 Å². The van der Waals surface area contributed by atoms with E-state index in [-0.39, 0.29) is 53.5 Å². The predicted octanol–water partition coefficient (Wildman–Crippen LogP) is 0.698. The molecule has 0 spiro atoms. The Balaban J connectivity index is -0.0000000180. The van der Waals surface area contributed by atoms with Crippen molar-refractivity contribution in [3.05, 3.63) is 12.2 Å². The molecule has 0 aliphatic carbocycles. The maximum atomic E-state index is 10.2. The fraction of sp³-hybridized carbons (Fsp3) is 0.400. The van der Waals surface area contributed by atoms with Gasteiger partial charge in [0.1, 0.15) is 0 Å². The summed E-state index contributed by atoms with van der Waals surface area (Å²) in [6.07, 6.45) is 3.13. The molecule has 0 aliphatic rings. The maximum absolute atomic E-state index is 10.2. The van der Waals surface area contributed by atoms with Gasteiger partial charge in [0, 0.05) is 22.4 Å². The Morgan fingerprint density at radius 1 is 1.25 bits per heavy atom. The van der Waals surface area contributed by atoms with E-state index >= 15 is 0 Å². The van der Waals surface area contributed by atoms with Crippen LogP contribution in [-0.4, -0.2) is 12.3 Å². The Morgan fingerprint density at radius 2 is 1.58 bits per heavy atom. The van der Waals surface area contributed by atoms with Gasteiger partial charge in [0.05, 0.1) is 6.54 Å². The number of halogens is 4. The van der Waals surface area contributed by atoms with Crippen LogP contribution in [0.4, 0.5) is 18.8 Å². The Hall–Kier alpha value is -0.170. The molecular weight excluding hydrogens is 347 g/mol. The smallest absolute Gasteiger partial charge is 0.168 e. The zero-order chi connectivity index (χ0) is 5.70. The number of rotatable bonds is 2. The first kappa shape index (κ1) is 40.8. The number of ketones is 1. The first-order valence-electron chi connectivity index (χ1n) is 2.17. The van der Waals surface area contributed by atoms with E-state index in [0.717, 1.165) is 0 Å². The van der Waals surface area contributed by atoms with Crippen molar-refractivity contribution in [3.63, 3.8) is 0 Å².